The SMILES string of the molecule is O=S(=O)(c1ccc2c(c1)C1C=CCC1C(c1ccc(F)cc1)N2)N1CCCC1. The summed E-state index contributed by atoms with van der Waals surface area (Å²) in [6, 6.07) is 12.2. The number of nitrogens with zero attached hydrogens (tertiary/aromatic N) is 1. The minimum Gasteiger partial charge on any atom is -0.378 e. The van der Waals surface area contributed by atoms with Gasteiger partial charge in [0.1, 0.15) is 5.82 Å². The van der Waals surface area contributed by atoms with Crippen LogP contribution in [0.3, 0.4) is 0 Å². The zero-order chi connectivity index (χ0) is 19.3. The molecule has 4 nitrogen and oxygen atoms in total. The number of allylic oxidation sites excluding steroid dienone is 2. The summed E-state index contributed by atoms with van der Waals surface area (Å²) in [5.74, 6) is 0.223. The third kappa shape index (κ3) is 2.86. The van der Waals surface area contributed by atoms with E-state index in [0.29, 0.717) is 23.9 Å². The molecule has 2 aromatic carbocycles. The summed E-state index contributed by atoms with van der Waals surface area (Å²) in [7, 11) is -3.43. The van der Waals surface area contributed by atoms with Crippen LogP contribution in [-0.4, -0.2) is 25.8 Å². The first-order valence-corrected chi connectivity index (χ1v) is 11.3. The lowest BCUT2D eigenvalue weighted by molar-refractivity contribution is 0.424. The number of benzene rings is 2. The summed E-state index contributed by atoms with van der Waals surface area (Å²) in [5, 5.41) is 3.58. The van der Waals surface area contributed by atoms with Crippen molar-refractivity contribution in [3.8, 4) is 0 Å². The molecule has 5 rings (SSSR count). The van der Waals surface area contributed by atoms with Crippen LogP contribution >= 0.6 is 0 Å². The fraction of sp³-hybridized carbons (Fsp3) is 0.364. The maximum atomic E-state index is 13.4. The molecule has 0 bridgehead atoms. The van der Waals surface area contributed by atoms with Crippen molar-refractivity contribution in [3.05, 3.63) is 71.6 Å². The Kier molecular flexibility index (Phi) is 4.29. The standard InChI is InChI=1S/C22H23FN2O2S/c23-16-8-6-15(7-9-16)22-19-5-3-4-18(19)20-14-17(10-11-21(20)24-22)28(26,27)25-12-1-2-13-25/h3-4,6-11,14,18-19,22,24H,1-2,5,12-13H2. The van der Waals surface area contributed by atoms with Gasteiger partial charge in [-0.15, -0.1) is 0 Å². The van der Waals surface area contributed by atoms with Crippen molar-refractivity contribution in [3.63, 3.8) is 0 Å². The van der Waals surface area contributed by atoms with Crippen molar-refractivity contribution >= 4 is 15.7 Å². The van der Waals surface area contributed by atoms with Crippen LogP contribution in [0.15, 0.2) is 59.5 Å². The fourth-order valence-corrected chi connectivity index (χ4v) is 6.36. The Labute approximate surface area is 165 Å². The summed E-state index contributed by atoms with van der Waals surface area (Å²) in [6.45, 7) is 1.21. The Morgan fingerprint density at radius 1 is 1.04 bits per heavy atom. The summed E-state index contributed by atoms with van der Waals surface area (Å²) >= 11 is 0. The highest BCUT2D eigenvalue weighted by Gasteiger charge is 2.39. The highest BCUT2D eigenvalue weighted by Crippen LogP contribution is 2.50. The fourth-order valence-electron chi connectivity index (χ4n) is 4.81. The number of hydrogen-bond acceptors (Lipinski definition) is 3. The van der Waals surface area contributed by atoms with Gasteiger partial charge in [-0.25, -0.2) is 12.8 Å². The van der Waals surface area contributed by atoms with Crippen molar-refractivity contribution in [2.45, 2.75) is 36.1 Å². The Hall–Kier alpha value is -2.18. The van der Waals surface area contributed by atoms with Crippen molar-refractivity contribution in [2.75, 3.05) is 18.4 Å². The highest BCUT2D eigenvalue weighted by atomic mass is 32.2. The van der Waals surface area contributed by atoms with Gasteiger partial charge < -0.3 is 5.32 Å². The van der Waals surface area contributed by atoms with Crippen LogP contribution in [0.4, 0.5) is 10.1 Å². The summed E-state index contributed by atoms with van der Waals surface area (Å²) in [4.78, 5) is 0.384. The van der Waals surface area contributed by atoms with Gasteiger partial charge in [-0.05, 0) is 66.6 Å². The average molecular weight is 399 g/mol. The van der Waals surface area contributed by atoms with E-state index in [1.54, 1.807) is 10.4 Å². The first kappa shape index (κ1) is 17.9. The van der Waals surface area contributed by atoms with Crippen molar-refractivity contribution in [1.29, 1.82) is 0 Å². The number of fused-ring (bicyclic) bond motifs is 3. The second-order valence-corrected chi connectivity index (χ2v) is 9.83. The number of anilines is 1. The molecular weight excluding hydrogens is 375 g/mol. The van der Waals surface area contributed by atoms with Gasteiger partial charge in [-0.1, -0.05) is 24.3 Å². The lowest BCUT2D eigenvalue weighted by Crippen LogP contribution is -2.30. The number of hydrogen-bond donors (Lipinski definition) is 1. The molecule has 3 unspecified atom stereocenters. The molecule has 1 saturated heterocycles. The monoisotopic (exact) mass is 398 g/mol. The zero-order valence-corrected chi connectivity index (χ0v) is 16.3. The van der Waals surface area contributed by atoms with Gasteiger partial charge in [0.05, 0.1) is 10.9 Å². The van der Waals surface area contributed by atoms with Crippen LogP contribution in [0.1, 0.15) is 42.3 Å². The van der Waals surface area contributed by atoms with Gasteiger partial charge in [0.2, 0.25) is 10.0 Å². The van der Waals surface area contributed by atoms with Gasteiger partial charge in [0, 0.05) is 24.7 Å². The molecule has 2 heterocycles. The molecule has 1 N–H and O–H groups in total. The highest BCUT2D eigenvalue weighted by molar-refractivity contribution is 7.89. The molecule has 0 aromatic heterocycles. The minimum atomic E-state index is -3.43. The van der Waals surface area contributed by atoms with Crippen LogP contribution in [-0.2, 0) is 10.0 Å². The van der Waals surface area contributed by atoms with Crippen LogP contribution in [0.2, 0.25) is 0 Å². The maximum Gasteiger partial charge on any atom is 0.243 e. The van der Waals surface area contributed by atoms with Gasteiger partial charge in [-0.3, -0.25) is 0 Å². The van der Waals surface area contributed by atoms with E-state index in [9.17, 15) is 12.8 Å². The van der Waals surface area contributed by atoms with Gasteiger partial charge in [0.15, 0.2) is 0 Å². The van der Waals surface area contributed by atoms with E-state index >= 15 is 0 Å². The molecule has 2 aliphatic heterocycles. The lowest BCUT2D eigenvalue weighted by atomic mass is 9.77. The van der Waals surface area contributed by atoms with Crippen LogP contribution in [0, 0.1) is 11.7 Å². The molecular formula is C22H23FN2O2S. The molecule has 0 spiro atoms. The first-order valence-electron chi connectivity index (χ1n) is 9.87. The largest absolute Gasteiger partial charge is 0.378 e. The van der Waals surface area contributed by atoms with Crippen LogP contribution < -0.4 is 5.32 Å². The van der Waals surface area contributed by atoms with E-state index in [-0.39, 0.29) is 17.8 Å². The summed E-state index contributed by atoms with van der Waals surface area (Å²) in [5.41, 5.74) is 3.05. The molecule has 3 aliphatic rings. The molecule has 0 radical (unpaired) electrons. The van der Waals surface area contributed by atoms with E-state index in [2.05, 4.69) is 17.5 Å². The Bertz CT molecular complexity index is 1030. The van der Waals surface area contributed by atoms with Crippen LogP contribution in [0.25, 0.3) is 0 Å². The summed E-state index contributed by atoms with van der Waals surface area (Å²) < 4.78 is 40.9. The summed E-state index contributed by atoms with van der Waals surface area (Å²) in [6.07, 6.45) is 7.14. The number of halogens is 1. The lowest BCUT2D eigenvalue weighted by Gasteiger charge is -2.37. The van der Waals surface area contributed by atoms with Crippen molar-refractivity contribution in [2.24, 2.45) is 5.92 Å². The quantitative estimate of drug-likeness (QED) is 0.778. The zero-order valence-electron chi connectivity index (χ0n) is 15.5. The normalized spacial score (nSPS) is 26.7. The molecule has 146 valence electrons. The Morgan fingerprint density at radius 3 is 2.54 bits per heavy atom. The van der Waals surface area contributed by atoms with E-state index in [0.717, 1.165) is 36.1 Å². The molecule has 3 atom stereocenters. The molecule has 0 amide bonds. The first-order chi connectivity index (χ1) is 13.5. The van der Waals surface area contributed by atoms with Gasteiger partial charge >= 0.3 is 0 Å². The molecule has 1 fully saturated rings. The number of sulfonamides is 1. The molecule has 6 heteroatoms. The molecule has 28 heavy (non-hydrogen) atoms. The second-order valence-electron chi connectivity index (χ2n) is 7.89. The molecule has 1 aliphatic carbocycles. The van der Waals surface area contributed by atoms with Crippen LogP contribution in [0.5, 0.6) is 0 Å². The van der Waals surface area contributed by atoms with Gasteiger partial charge in [0.25, 0.3) is 0 Å². The predicted octanol–water partition coefficient (Wildman–Crippen LogP) is 4.44. The maximum absolute atomic E-state index is 13.4. The molecule has 0 saturated carbocycles. The third-order valence-electron chi connectivity index (χ3n) is 6.27. The number of rotatable bonds is 3. The smallest absolute Gasteiger partial charge is 0.243 e. The Morgan fingerprint density at radius 2 is 1.79 bits per heavy atom. The van der Waals surface area contributed by atoms with E-state index in [1.165, 1.54) is 12.1 Å². The van der Waals surface area contributed by atoms with E-state index in [1.807, 2.05) is 24.3 Å². The van der Waals surface area contributed by atoms with Crippen molar-refractivity contribution in [1.82, 2.24) is 4.31 Å². The van der Waals surface area contributed by atoms with E-state index < -0.39 is 10.0 Å². The third-order valence-corrected chi connectivity index (χ3v) is 8.16. The minimum absolute atomic E-state index is 0.0779. The van der Waals surface area contributed by atoms with Gasteiger partial charge in [-0.2, -0.15) is 4.31 Å². The average Bonchev–Trinajstić information content (AvgIpc) is 3.40. The molecule has 2 aromatic rings. The Balaban J connectivity index is 1.53. The topological polar surface area (TPSA) is 49.4 Å². The predicted molar refractivity (Wildman–Crippen MR) is 107 cm³/mol. The van der Waals surface area contributed by atoms with E-state index in [4.69, 9.17) is 0 Å². The number of nitrogens with one attached hydrogen (secondary N) is 1. The second kappa shape index (κ2) is 6.71. The van der Waals surface area contributed by atoms with Crippen molar-refractivity contribution < 1.29 is 12.8 Å².